The Balaban J connectivity index is 2.13. The molecule has 2 rings (SSSR count). The summed E-state index contributed by atoms with van der Waals surface area (Å²) in [6.45, 7) is 0. The van der Waals surface area contributed by atoms with Crippen LogP contribution in [-0.4, -0.2) is 16.4 Å². The standard InChI is InChI=1S/C12H6Cl2N2O3S/c13-10-5-7(6-11(14)12(10)17)15-20-9-3-1-8(2-4-9)16(18)19/h1-6H. The molecule has 0 atom stereocenters. The van der Waals surface area contributed by atoms with Crippen molar-refractivity contribution >= 4 is 52.3 Å². The molecule has 0 amide bonds. The normalized spacial score (nSPS) is 14.7. The fourth-order valence-corrected chi connectivity index (χ4v) is 2.38. The summed E-state index contributed by atoms with van der Waals surface area (Å²) >= 11 is 12.5. The molecule has 0 bridgehead atoms. The van der Waals surface area contributed by atoms with Crippen molar-refractivity contribution < 1.29 is 9.72 Å². The summed E-state index contributed by atoms with van der Waals surface area (Å²) in [7, 11) is 0. The van der Waals surface area contributed by atoms with Crippen molar-refractivity contribution in [1.82, 2.24) is 0 Å². The second-order valence-corrected chi connectivity index (χ2v) is 5.32. The Kier molecular flexibility index (Phi) is 4.59. The smallest absolute Gasteiger partial charge is 0.269 e. The quantitative estimate of drug-likeness (QED) is 0.365. The Morgan fingerprint density at radius 3 is 2.15 bits per heavy atom. The third-order valence-corrected chi connectivity index (χ3v) is 3.63. The molecule has 5 nitrogen and oxygen atoms in total. The van der Waals surface area contributed by atoms with Crippen LogP contribution in [0.3, 0.4) is 0 Å². The Morgan fingerprint density at radius 2 is 1.65 bits per heavy atom. The number of ketones is 1. The number of allylic oxidation sites excluding steroid dienone is 4. The summed E-state index contributed by atoms with van der Waals surface area (Å²) in [4.78, 5) is 22.1. The van der Waals surface area contributed by atoms with Gasteiger partial charge in [0.25, 0.3) is 5.69 Å². The van der Waals surface area contributed by atoms with Gasteiger partial charge in [-0.3, -0.25) is 14.9 Å². The molecular weight excluding hydrogens is 323 g/mol. The number of hydrogen-bond acceptors (Lipinski definition) is 5. The van der Waals surface area contributed by atoms with E-state index < -0.39 is 10.7 Å². The average molecular weight is 329 g/mol. The summed E-state index contributed by atoms with van der Waals surface area (Å²) in [5, 5.41) is 10.5. The highest BCUT2D eigenvalue weighted by Gasteiger charge is 2.17. The summed E-state index contributed by atoms with van der Waals surface area (Å²) in [5.74, 6) is -0.437. The number of hydrogen-bond donors (Lipinski definition) is 0. The molecule has 102 valence electrons. The average Bonchev–Trinajstić information content (AvgIpc) is 2.42. The molecule has 0 saturated carbocycles. The molecule has 0 fully saturated rings. The predicted molar refractivity (Wildman–Crippen MR) is 79.3 cm³/mol. The van der Waals surface area contributed by atoms with Crippen LogP contribution < -0.4 is 0 Å². The van der Waals surface area contributed by atoms with E-state index in [1.165, 1.54) is 24.3 Å². The van der Waals surface area contributed by atoms with Crippen LogP contribution in [0.2, 0.25) is 0 Å². The number of nitro benzene ring substituents is 1. The fourth-order valence-electron chi connectivity index (χ4n) is 1.33. The maximum atomic E-state index is 11.3. The molecule has 1 aliphatic rings. The molecule has 8 heteroatoms. The van der Waals surface area contributed by atoms with Crippen LogP contribution in [-0.2, 0) is 4.79 Å². The van der Waals surface area contributed by atoms with Crippen molar-refractivity contribution in [3.63, 3.8) is 0 Å². The van der Waals surface area contributed by atoms with Gasteiger partial charge >= 0.3 is 0 Å². The number of carbonyl (C=O) groups excluding carboxylic acids is 1. The number of Topliss-reactive ketones (excluding diaryl/α,β-unsaturated/α-hetero) is 1. The molecule has 1 aromatic carbocycles. The molecule has 1 aliphatic carbocycles. The SMILES string of the molecule is O=C1C(Cl)=CC(=NSc2ccc([N+](=O)[O-])cc2)C=C1Cl. The third kappa shape index (κ3) is 3.47. The van der Waals surface area contributed by atoms with Crippen LogP contribution in [0.15, 0.2) is 55.8 Å². The van der Waals surface area contributed by atoms with E-state index in [1.54, 1.807) is 12.1 Å². The van der Waals surface area contributed by atoms with Gasteiger partial charge in [0.15, 0.2) is 0 Å². The van der Waals surface area contributed by atoms with Crippen molar-refractivity contribution in [2.24, 2.45) is 4.40 Å². The largest absolute Gasteiger partial charge is 0.287 e. The molecule has 0 N–H and O–H groups in total. The lowest BCUT2D eigenvalue weighted by Gasteiger charge is -2.05. The van der Waals surface area contributed by atoms with Crippen molar-refractivity contribution in [1.29, 1.82) is 0 Å². The van der Waals surface area contributed by atoms with Gasteiger partial charge in [0.05, 0.1) is 20.7 Å². The number of nitro groups is 1. The fraction of sp³-hybridized carbons (Fsp3) is 0. The Morgan fingerprint density at radius 1 is 1.10 bits per heavy atom. The van der Waals surface area contributed by atoms with E-state index in [9.17, 15) is 14.9 Å². The van der Waals surface area contributed by atoms with Crippen LogP contribution in [0, 0.1) is 10.1 Å². The topological polar surface area (TPSA) is 72.6 Å². The van der Waals surface area contributed by atoms with E-state index in [-0.39, 0.29) is 15.8 Å². The van der Waals surface area contributed by atoms with E-state index in [1.807, 2.05) is 0 Å². The molecule has 0 unspecified atom stereocenters. The Labute approximate surface area is 128 Å². The van der Waals surface area contributed by atoms with Gasteiger partial charge in [0.2, 0.25) is 5.78 Å². The molecule has 20 heavy (non-hydrogen) atoms. The van der Waals surface area contributed by atoms with E-state index in [2.05, 4.69) is 4.40 Å². The van der Waals surface area contributed by atoms with E-state index in [4.69, 9.17) is 23.2 Å². The van der Waals surface area contributed by atoms with E-state index in [0.717, 1.165) is 11.9 Å². The molecule has 0 radical (unpaired) electrons. The maximum Gasteiger partial charge on any atom is 0.269 e. The Hall–Kier alpha value is -1.63. The van der Waals surface area contributed by atoms with Crippen LogP contribution in [0.1, 0.15) is 0 Å². The molecule has 0 aliphatic heterocycles. The number of nitrogens with zero attached hydrogens (tertiary/aromatic N) is 2. The first kappa shape index (κ1) is 14.8. The predicted octanol–water partition coefficient (Wildman–Crippen LogP) is 3.87. The molecule has 1 aromatic rings. The number of rotatable bonds is 3. The van der Waals surface area contributed by atoms with Crippen LogP contribution in [0.4, 0.5) is 5.69 Å². The minimum absolute atomic E-state index is 0.000509. The van der Waals surface area contributed by atoms with Crippen LogP contribution >= 0.6 is 35.1 Å². The van der Waals surface area contributed by atoms with E-state index >= 15 is 0 Å². The first-order valence-corrected chi connectivity index (χ1v) is 6.79. The van der Waals surface area contributed by atoms with Gasteiger partial charge in [0.1, 0.15) is 0 Å². The van der Waals surface area contributed by atoms with Gasteiger partial charge in [-0.15, -0.1) is 0 Å². The first-order chi connectivity index (χ1) is 9.47. The minimum Gasteiger partial charge on any atom is -0.287 e. The van der Waals surface area contributed by atoms with E-state index in [0.29, 0.717) is 10.6 Å². The summed E-state index contributed by atoms with van der Waals surface area (Å²) in [6.07, 6.45) is 2.82. The lowest BCUT2D eigenvalue weighted by Crippen LogP contribution is -2.07. The van der Waals surface area contributed by atoms with Gasteiger partial charge < -0.3 is 0 Å². The lowest BCUT2D eigenvalue weighted by atomic mass is 10.1. The number of carbonyl (C=O) groups is 1. The second kappa shape index (κ2) is 6.21. The third-order valence-electron chi connectivity index (χ3n) is 2.29. The highest BCUT2D eigenvalue weighted by Crippen LogP contribution is 2.25. The Bertz CT molecular complexity index is 642. The van der Waals surface area contributed by atoms with Crippen LogP contribution in [0.25, 0.3) is 0 Å². The van der Waals surface area contributed by atoms with Crippen LogP contribution in [0.5, 0.6) is 0 Å². The van der Waals surface area contributed by atoms with Gasteiger partial charge in [-0.05, 0) is 24.3 Å². The van der Waals surface area contributed by atoms with Gasteiger partial charge in [-0.1, -0.05) is 23.2 Å². The molecule has 0 spiro atoms. The monoisotopic (exact) mass is 328 g/mol. The summed E-state index contributed by atoms with van der Waals surface area (Å²) < 4.78 is 4.15. The van der Waals surface area contributed by atoms with Crippen molar-refractivity contribution in [2.75, 3.05) is 0 Å². The van der Waals surface area contributed by atoms with Gasteiger partial charge in [-0.2, -0.15) is 0 Å². The number of non-ortho nitro benzene ring substituents is 1. The highest BCUT2D eigenvalue weighted by atomic mass is 35.5. The minimum atomic E-state index is -0.474. The zero-order valence-corrected chi connectivity index (χ0v) is 12.1. The molecule has 0 saturated heterocycles. The molecule has 0 aromatic heterocycles. The molecular formula is C12H6Cl2N2O3S. The van der Waals surface area contributed by atoms with Crippen molar-refractivity contribution in [3.05, 3.63) is 56.6 Å². The summed E-state index contributed by atoms with van der Waals surface area (Å²) in [6, 6.07) is 5.94. The first-order valence-electron chi connectivity index (χ1n) is 5.26. The lowest BCUT2D eigenvalue weighted by molar-refractivity contribution is -0.384. The second-order valence-electron chi connectivity index (χ2n) is 3.67. The zero-order chi connectivity index (χ0) is 14.7. The zero-order valence-electron chi connectivity index (χ0n) is 9.75. The number of benzene rings is 1. The number of halogens is 2. The van der Waals surface area contributed by atoms with Crippen molar-refractivity contribution in [2.45, 2.75) is 4.90 Å². The maximum absolute atomic E-state index is 11.3. The van der Waals surface area contributed by atoms with Gasteiger partial charge in [0, 0.05) is 29.0 Å². The molecule has 0 heterocycles. The van der Waals surface area contributed by atoms with Gasteiger partial charge in [-0.25, -0.2) is 4.40 Å². The summed E-state index contributed by atoms with van der Waals surface area (Å²) in [5.41, 5.74) is 0.457. The highest BCUT2D eigenvalue weighted by molar-refractivity contribution is 7.98. The van der Waals surface area contributed by atoms with Crippen molar-refractivity contribution in [3.8, 4) is 0 Å².